The van der Waals surface area contributed by atoms with Gasteiger partial charge in [0.2, 0.25) is 5.91 Å². The molecule has 0 radical (unpaired) electrons. The first-order chi connectivity index (χ1) is 8.27. The molecule has 2 N–H and O–H groups in total. The summed E-state index contributed by atoms with van der Waals surface area (Å²) in [6.07, 6.45) is 4.19. The lowest BCUT2D eigenvalue weighted by Crippen LogP contribution is -2.40. The number of rotatable bonds is 5. The van der Waals surface area contributed by atoms with Gasteiger partial charge in [-0.3, -0.25) is 9.69 Å². The van der Waals surface area contributed by atoms with Gasteiger partial charge >= 0.3 is 0 Å². The molecule has 1 fully saturated rings. The summed E-state index contributed by atoms with van der Waals surface area (Å²) in [5.41, 5.74) is 6.75. The topological polar surface area (TPSA) is 46.3 Å². The van der Waals surface area contributed by atoms with E-state index in [9.17, 15) is 4.79 Å². The first-order valence-corrected chi connectivity index (χ1v) is 6.34. The lowest BCUT2D eigenvalue weighted by atomic mass is 10.1. The van der Waals surface area contributed by atoms with E-state index in [4.69, 9.17) is 5.73 Å². The van der Waals surface area contributed by atoms with Crippen LogP contribution in [-0.4, -0.2) is 29.9 Å². The Bertz CT molecular complexity index is 369. The van der Waals surface area contributed by atoms with Crippen molar-refractivity contribution in [2.45, 2.75) is 31.7 Å². The maximum atomic E-state index is 11.2. The molecule has 0 bridgehead atoms. The molecule has 0 aromatic heterocycles. The van der Waals surface area contributed by atoms with Crippen molar-refractivity contribution >= 4 is 18.3 Å². The monoisotopic (exact) mass is 268 g/mol. The summed E-state index contributed by atoms with van der Waals surface area (Å²) in [5.74, 6) is -0.165. The molecule has 1 aliphatic rings. The maximum absolute atomic E-state index is 11.2. The highest BCUT2D eigenvalue weighted by molar-refractivity contribution is 5.85. The standard InChI is InChI=1S/C14H20N2O.ClH/c15-14(17)13-9-5-11-16(13)10-4-8-12-6-2-1-3-7-12;/h1-3,6-7,13H,4-5,8-11H2,(H2,15,17);1H/t13-;/m0./s1. The molecule has 0 saturated carbocycles. The molecule has 1 atom stereocenters. The smallest absolute Gasteiger partial charge is 0.234 e. The summed E-state index contributed by atoms with van der Waals surface area (Å²) < 4.78 is 0. The summed E-state index contributed by atoms with van der Waals surface area (Å²) in [6, 6.07) is 10.4. The van der Waals surface area contributed by atoms with Crippen molar-refractivity contribution in [3.8, 4) is 0 Å². The molecule has 1 aromatic carbocycles. The van der Waals surface area contributed by atoms with Crippen LogP contribution >= 0.6 is 12.4 Å². The van der Waals surface area contributed by atoms with Crippen LogP contribution < -0.4 is 5.73 Å². The number of aryl methyl sites for hydroxylation is 1. The van der Waals surface area contributed by atoms with Crippen molar-refractivity contribution in [1.82, 2.24) is 4.90 Å². The lowest BCUT2D eigenvalue weighted by Gasteiger charge is -2.21. The van der Waals surface area contributed by atoms with E-state index in [0.29, 0.717) is 0 Å². The van der Waals surface area contributed by atoms with Crippen molar-refractivity contribution in [2.75, 3.05) is 13.1 Å². The highest BCUT2D eigenvalue weighted by Crippen LogP contribution is 2.17. The van der Waals surface area contributed by atoms with Crippen LogP contribution in [0.15, 0.2) is 30.3 Å². The summed E-state index contributed by atoms with van der Waals surface area (Å²) in [6.45, 7) is 1.99. The average molecular weight is 269 g/mol. The van der Waals surface area contributed by atoms with E-state index in [0.717, 1.165) is 38.8 Å². The lowest BCUT2D eigenvalue weighted by molar-refractivity contribution is -0.122. The summed E-state index contributed by atoms with van der Waals surface area (Å²) in [4.78, 5) is 13.5. The van der Waals surface area contributed by atoms with Gasteiger partial charge in [0.25, 0.3) is 0 Å². The van der Waals surface area contributed by atoms with E-state index < -0.39 is 0 Å². The van der Waals surface area contributed by atoms with Crippen LogP contribution in [0.2, 0.25) is 0 Å². The van der Waals surface area contributed by atoms with Gasteiger partial charge in [-0.05, 0) is 44.3 Å². The number of nitrogens with two attached hydrogens (primary N) is 1. The molecule has 1 saturated heterocycles. The van der Waals surface area contributed by atoms with Crippen LogP contribution in [0.25, 0.3) is 0 Å². The molecule has 0 spiro atoms. The van der Waals surface area contributed by atoms with E-state index in [2.05, 4.69) is 29.2 Å². The minimum absolute atomic E-state index is 0. The van der Waals surface area contributed by atoms with Crippen LogP contribution in [0.3, 0.4) is 0 Å². The zero-order valence-corrected chi connectivity index (χ0v) is 11.4. The zero-order valence-electron chi connectivity index (χ0n) is 10.5. The third kappa shape index (κ3) is 4.00. The number of carbonyl (C=O) groups excluding carboxylic acids is 1. The zero-order chi connectivity index (χ0) is 12.1. The molecule has 1 heterocycles. The number of carbonyl (C=O) groups is 1. The van der Waals surface area contributed by atoms with E-state index in [1.165, 1.54) is 5.56 Å². The number of hydrogen-bond acceptors (Lipinski definition) is 2. The van der Waals surface area contributed by atoms with E-state index in [1.807, 2.05) is 6.07 Å². The average Bonchev–Trinajstić information content (AvgIpc) is 2.79. The highest BCUT2D eigenvalue weighted by atomic mass is 35.5. The third-order valence-corrected chi connectivity index (χ3v) is 3.45. The van der Waals surface area contributed by atoms with Crippen LogP contribution in [0, 0.1) is 0 Å². The Balaban J connectivity index is 0.00000162. The molecule has 3 nitrogen and oxygen atoms in total. The van der Waals surface area contributed by atoms with Gasteiger partial charge in [-0.2, -0.15) is 0 Å². The second-order valence-electron chi connectivity index (χ2n) is 4.69. The molecule has 0 aliphatic carbocycles. The molecule has 2 rings (SSSR count). The number of nitrogens with zero attached hydrogens (tertiary/aromatic N) is 1. The number of likely N-dealkylation sites (tertiary alicyclic amines) is 1. The number of hydrogen-bond donors (Lipinski definition) is 1. The van der Waals surface area contributed by atoms with Gasteiger partial charge in [-0.25, -0.2) is 0 Å². The predicted molar refractivity (Wildman–Crippen MR) is 75.8 cm³/mol. The van der Waals surface area contributed by atoms with Gasteiger partial charge < -0.3 is 5.73 Å². The first-order valence-electron chi connectivity index (χ1n) is 6.34. The minimum atomic E-state index is -0.165. The van der Waals surface area contributed by atoms with Crippen molar-refractivity contribution in [2.24, 2.45) is 5.73 Å². The molecule has 1 aromatic rings. The fourth-order valence-corrected chi connectivity index (χ4v) is 2.55. The van der Waals surface area contributed by atoms with Crippen molar-refractivity contribution in [3.63, 3.8) is 0 Å². The van der Waals surface area contributed by atoms with Gasteiger partial charge in [0.05, 0.1) is 6.04 Å². The van der Waals surface area contributed by atoms with E-state index >= 15 is 0 Å². The van der Waals surface area contributed by atoms with Gasteiger partial charge in [-0.15, -0.1) is 12.4 Å². The molecule has 0 unspecified atom stereocenters. The van der Waals surface area contributed by atoms with Gasteiger partial charge in [0.15, 0.2) is 0 Å². The Morgan fingerprint density at radius 2 is 2.06 bits per heavy atom. The summed E-state index contributed by atoms with van der Waals surface area (Å²) in [7, 11) is 0. The van der Waals surface area contributed by atoms with E-state index in [-0.39, 0.29) is 24.4 Å². The van der Waals surface area contributed by atoms with Crippen LogP contribution in [-0.2, 0) is 11.2 Å². The fraction of sp³-hybridized carbons (Fsp3) is 0.500. The molecular weight excluding hydrogens is 248 g/mol. The number of benzene rings is 1. The van der Waals surface area contributed by atoms with E-state index in [1.54, 1.807) is 0 Å². The normalized spacial score (nSPS) is 19.4. The third-order valence-electron chi connectivity index (χ3n) is 3.45. The molecular formula is C14H21ClN2O. The Kier molecular flexibility index (Phi) is 6.16. The largest absolute Gasteiger partial charge is 0.368 e. The maximum Gasteiger partial charge on any atom is 0.234 e. The Morgan fingerprint density at radius 1 is 1.33 bits per heavy atom. The van der Waals surface area contributed by atoms with Crippen molar-refractivity contribution in [3.05, 3.63) is 35.9 Å². The summed E-state index contributed by atoms with van der Waals surface area (Å²) in [5, 5.41) is 0. The Morgan fingerprint density at radius 3 is 2.72 bits per heavy atom. The number of amides is 1. The molecule has 1 aliphatic heterocycles. The second-order valence-corrected chi connectivity index (χ2v) is 4.69. The molecule has 4 heteroatoms. The van der Waals surface area contributed by atoms with Gasteiger partial charge in [0.1, 0.15) is 0 Å². The molecule has 100 valence electrons. The summed E-state index contributed by atoms with van der Waals surface area (Å²) >= 11 is 0. The van der Waals surface area contributed by atoms with Gasteiger partial charge in [-0.1, -0.05) is 30.3 Å². The SMILES string of the molecule is Cl.NC(=O)[C@@H]1CCCN1CCCc1ccccc1. The van der Waals surface area contributed by atoms with Crippen LogP contribution in [0.4, 0.5) is 0 Å². The van der Waals surface area contributed by atoms with Crippen molar-refractivity contribution in [1.29, 1.82) is 0 Å². The van der Waals surface area contributed by atoms with Gasteiger partial charge in [0, 0.05) is 0 Å². The van der Waals surface area contributed by atoms with Crippen molar-refractivity contribution < 1.29 is 4.79 Å². The number of primary amides is 1. The predicted octanol–water partition coefficient (Wildman–Crippen LogP) is 1.99. The Labute approximate surface area is 115 Å². The fourth-order valence-electron chi connectivity index (χ4n) is 2.55. The van der Waals surface area contributed by atoms with Crippen LogP contribution in [0.5, 0.6) is 0 Å². The minimum Gasteiger partial charge on any atom is -0.368 e. The first kappa shape index (κ1) is 15.0. The highest BCUT2D eigenvalue weighted by Gasteiger charge is 2.27. The number of halogens is 1. The molecule has 1 amide bonds. The van der Waals surface area contributed by atoms with Crippen LogP contribution in [0.1, 0.15) is 24.8 Å². The second kappa shape index (κ2) is 7.39. The Hall–Kier alpha value is -1.06. The quantitative estimate of drug-likeness (QED) is 0.888. The molecule has 18 heavy (non-hydrogen) atoms.